The first-order valence-electron chi connectivity index (χ1n) is 7.04. The molecule has 0 bridgehead atoms. The van der Waals surface area contributed by atoms with E-state index in [1.54, 1.807) is 43.3 Å². The van der Waals surface area contributed by atoms with Gasteiger partial charge in [-0.2, -0.15) is 0 Å². The molecule has 0 aliphatic heterocycles. The molecule has 3 N–H and O–H groups in total. The number of hydrogen-bond donors (Lipinski definition) is 3. The molecule has 1 atom stereocenters. The zero-order valence-corrected chi connectivity index (χ0v) is 13.7. The van der Waals surface area contributed by atoms with E-state index in [9.17, 15) is 13.2 Å². The third kappa shape index (κ3) is 5.63. The minimum Gasteiger partial charge on any atom is -0.374 e. The first-order chi connectivity index (χ1) is 10.8. The average Bonchev–Trinajstić information content (AvgIpc) is 2.46. The first kappa shape index (κ1) is 16.8. The van der Waals surface area contributed by atoms with Crippen molar-refractivity contribution < 1.29 is 13.2 Å². The maximum atomic E-state index is 12.1. The van der Waals surface area contributed by atoms with Crippen LogP contribution in [-0.4, -0.2) is 26.6 Å². The topological polar surface area (TPSA) is 87.3 Å². The minimum absolute atomic E-state index is 0.183. The summed E-state index contributed by atoms with van der Waals surface area (Å²) in [6.45, 7) is 1.73. The van der Waals surface area contributed by atoms with E-state index in [2.05, 4.69) is 15.4 Å². The van der Waals surface area contributed by atoms with E-state index in [0.29, 0.717) is 11.4 Å². The Balaban J connectivity index is 2.01. The summed E-state index contributed by atoms with van der Waals surface area (Å²) >= 11 is 0. The van der Waals surface area contributed by atoms with Crippen molar-refractivity contribution in [2.45, 2.75) is 13.0 Å². The lowest BCUT2D eigenvalue weighted by Gasteiger charge is -2.16. The molecule has 0 aliphatic carbocycles. The largest absolute Gasteiger partial charge is 0.374 e. The SMILES string of the molecule is CC(Nc1cccc(NS(C)(=O)=O)c1)C(=O)Nc1ccccc1. The lowest BCUT2D eigenvalue weighted by molar-refractivity contribution is -0.116. The van der Waals surface area contributed by atoms with Gasteiger partial charge in [0.25, 0.3) is 0 Å². The van der Waals surface area contributed by atoms with Crippen LogP contribution in [0, 0.1) is 0 Å². The third-order valence-corrected chi connectivity index (χ3v) is 3.59. The number of anilines is 3. The Morgan fingerprint density at radius 2 is 1.57 bits per heavy atom. The molecule has 0 spiro atoms. The second-order valence-corrected chi connectivity index (χ2v) is 6.92. The van der Waals surface area contributed by atoms with Gasteiger partial charge in [0.1, 0.15) is 6.04 Å². The lowest BCUT2D eigenvalue weighted by Crippen LogP contribution is -2.31. The van der Waals surface area contributed by atoms with Crippen LogP contribution in [0.3, 0.4) is 0 Å². The number of amides is 1. The second kappa shape index (κ2) is 7.15. The van der Waals surface area contributed by atoms with Gasteiger partial charge in [-0.3, -0.25) is 9.52 Å². The van der Waals surface area contributed by atoms with Gasteiger partial charge in [0.05, 0.1) is 11.9 Å². The fourth-order valence-corrected chi connectivity index (χ4v) is 2.53. The Kier molecular flexibility index (Phi) is 5.23. The summed E-state index contributed by atoms with van der Waals surface area (Å²) < 4.78 is 24.9. The fourth-order valence-electron chi connectivity index (χ4n) is 1.97. The molecule has 2 rings (SSSR count). The van der Waals surface area contributed by atoms with Crippen molar-refractivity contribution in [3.05, 3.63) is 54.6 Å². The molecule has 6 nitrogen and oxygen atoms in total. The molecule has 23 heavy (non-hydrogen) atoms. The normalized spacial score (nSPS) is 12.3. The number of carbonyl (C=O) groups excluding carboxylic acids is 1. The van der Waals surface area contributed by atoms with Gasteiger partial charge in [0.2, 0.25) is 15.9 Å². The van der Waals surface area contributed by atoms with Crippen LogP contribution in [0.1, 0.15) is 6.92 Å². The van der Waals surface area contributed by atoms with Gasteiger partial charge in [-0.15, -0.1) is 0 Å². The van der Waals surface area contributed by atoms with Crippen LogP contribution in [0.4, 0.5) is 17.1 Å². The van der Waals surface area contributed by atoms with Crippen LogP contribution < -0.4 is 15.4 Å². The molecule has 0 saturated carbocycles. The molecule has 0 radical (unpaired) electrons. The van der Waals surface area contributed by atoms with Crippen LogP contribution in [0.5, 0.6) is 0 Å². The van der Waals surface area contributed by atoms with E-state index in [1.165, 1.54) is 0 Å². The molecule has 0 fully saturated rings. The zero-order chi connectivity index (χ0) is 16.9. The van der Waals surface area contributed by atoms with Crippen molar-refractivity contribution in [1.29, 1.82) is 0 Å². The van der Waals surface area contributed by atoms with Gasteiger partial charge in [-0.25, -0.2) is 8.42 Å². The molecule has 0 saturated heterocycles. The number of sulfonamides is 1. The van der Waals surface area contributed by atoms with Crippen LogP contribution >= 0.6 is 0 Å². The van der Waals surface area contributed by atoms with Gasteiger partial charge in [-0.1, -0.05) is 24.3 Å². The Bertz CT molecular complexity index is 776. The van der Waals surface area contributed by atoms with Crippen molar-refractivity contribution in [2.75, 3.05) is 21.6 Å². The highest BCUT2D eigenvalue weighted by molar-refractivity contribution is 7.92. The molecule has 122 valence electrons. The van der Waals surface area contributed by atoms with Crippen molar-refractivity contribution in [3.8, 4) is 0 Å². The number of benzene rings is 2. The molecule has 0 heterocycles. The predicted molar refractivity (Wildman–Crippen MR) is 93.1 cm³/mol. The second-order valence-electron chi connectivity index (χ2n) is 5.18. The molecule has 2 aromatic carbocycles. The Morgan fingerprint density at radius 1 is 0.957 bits per heavy atom. The highest BCUT2D eigenvalue weighted by atomic mass is 32.2. The molecule has 0 aliphatic rings. The summed E-state index contributed by atoms with van der Waals surface area (Å²) in [6, 6.07) is 15.4. The van der Waals surface area contributed by atoms with Gasteiger partial charge >= 0.3 is 0 Å². The molecular formula is C16H19N3O3S. The van der Waals surface area contributed by atoms with Gasteiger partial charge in [0, 0.05) is 11.4 Å². The number of carbonyl (C=O) groups is 1. The quantitative estimate of drug-likeness (QED) is 0.758. The highest BCUT2D eigenvalue weighted by Gasteiger charge is 2.13. The van der Waals surface area contributed by atoms with E-state index < -0.39 is 16.1 Å². The van der Waals surface area contributed by atoms with Crippen molar-refractivity contribution >= 4 is 33.0 Å². The first-order valence-corrected chi connectivity index (χ1v) is 8.93. The van der Waals surface area contributed by atoms with Gasteiger partial charge < -0.3 is 10.6 Å². The lowest BCUT2D eigenvalue weighted by atomic mass is 10.2. The minimum atomic E-state index is -3.34. The smallest absolute Gasteiger partial charge is 0.246 e. The summed E-state index contributed by atoms with van der Waals surface area (Å²) in [6.07, 6.45) is 1.09. The predicted octanol–water partition coefficient (Wildman–Crippen LogP) is 2.50. The fraction of sp³-hybridized carbons (Fsp3) is 0.188. The monoisotopic (exact) mass is 333 g/mol. The molecule has 1 amide bonds. The van der Waals surface area contributed by atoms with Gasteiger partial charge in [-0.05, 0) is 37.3 Å². The van der Waals surface area contributed by atoms with Crippen LogP contribution in [0.15, 0.2) is 54.6 Å². The van der Waals surface area contributed by atoms with E-state index in [1.807, 2.05) is 18.2 Å². The number of hydrogen-bond acceptors (Lipinski definition) is 4. The molecule has 7 heteroatoms. The van der Waals surface area contributed by atoms with E-state index in [-0.39, 0.29) is 5.91 Å². The van der Waals surface area contributed by atoms with E-state index in [4.69, 9.17) is 0 Å². The summed E-state index contributed by atoms with van der Waals surface area (Å²) in [5.41, 5.74) is 1.81. The summed E-state index contributed by atoms with van der Waals surface area (Å²) in [4.78, 5) is 12.1. The van der Waals surface area contributed by atoms with Crippen molar-refractivity contribution in [1.82, 2.24) is 0 Å². The van der Waals surface area contributed by atoms with Crippen LogP contribution in [-0.2, 0) is 14.8 Å². The molecule has 1 unspecified atom stereocenters. The molecular weight excluding hydrogens is 314 g/mol. The number of nitrogens with one attached hydrogen (secondary N) is 3. The number of rotatable bonds is 6. The Hall–Kier alpha value is -2.54. The van der Waals surface area contributed by atoms with E-state index in [0.717, 1.165) is 11.9 Å². The standard InChI is InChI=1S/C16H19N3O3S/c1-12(16(20)18-13-7-4-3-5-8-13)17-14-9-6-10-15(11-14)19-23(2,21)22/h3-12,17,19H,1-2H3,(H,18,20). The number of para-hydroxylation sites is 1. The highest BCUT2D eigenvalue weighted by Crippen LogP contribution is 2.17. The van der Waals surface area contributed by atoms with Crippen LogP contribution in [0.25, 0.3) is 0 Å². The maximum Gasteiger partial charge on any atom is 0.246 e. The van der Waals surface area contributed by atoms with E-state index >= 15 is 0 Å². The van der Waals surface area contributed by atoms with Crippen molar-refractivity contribution in [3.63, 3.8) is 0 Å². The summed E-state index contributed by atoms with van der Waals surface area (Å²) in [5.74, 6) is -0.183. The third-order valence-electron chi connectivity index (χ3n) is 2.98. The zero-order valence-electron chi connectivity index (χ0n) is 12.9. The maximum absolute atomic E-state index is 12.1. The Labute approximate surface area is 136 Å². The molecule has 2 aromatic rings. The average molecular weight is 333 g/mol. The summed E-state index contributed by atoms with van der Waals surface area (Å²) in [7, 11) is -3.34. The molecule has 0 aromatic heterocycles. The van der Waals surface area contributed by atoms with Gasteiger partial charge in [0.15, 0.2) is 0 Å². The Morgan fingerprint density at radius 3 is 2.22 bits per heavy atom. The van der Waals surface area contributed by atoms with Crippen LogP contribution in [0.2, 0.25) is 0 Å². The summed E-state index contributed by atoms with van der Waals surface area (Å²) in [5, 5.41) is 5.84. The van der Waals surface area contributed by atoms with Crippen molar-refractivity contribution in [2.24, 2.45) is 0 Å².